The second-order valence-electron chi connectivity index (χ2n) is 4.66. The number of nitrogens with zero attached hydrogens (tertiary/aromatic N) is 1. The van der Waals surface area contributed by atoms with Crippen LogP contribution in [0.25, 0.3) is 0 Å². The molecule has 2 atom stereocenters. The number of carbonyl (C=O) groups is 3. The Balaban J connectivity index is 2.26. The van der Waals surface area contributed by atoms with Gasteiger partial charge in [0.25, 0.3) is 0 Å². The van der Waals surface area contributed by atoms with Gasteiger partial charge < -0.3 is 20.6 Å². The van der Waals surface area contributed by atoms with Gasteiger partial charge in [0.2, 0.25) is 5.91 Å². The third-order valence-corrected chi connectivity index (χ3v) is 2.87. The molecular formula is C11H19N3O4. The highest BCUT2D eigenvalue weighted by Crippen LogP contribution is 2.08. The molecule has 2 unspecified atom stereocenters. The van der Waals surface area contributed by atoms with Crippen LogP contribution in [0.3, 0.4) is 0 Å². The van der Waals surface area contributed by atoms with E-state index in [0.717, 1.165) is 0 Å². The van der Waals surface area contributed by atoms with Crippen molar-refractivity contribution in [1.82, 2.24) is 15.5 Å². The summed E-state index contributed by atoms with van der Waals surface area (Å²) in [4.78, 5) is 35.0. The minimum Gasteiger partial charge on any atom is -0.481 e. The quantitative estimate of drug-likeness (QED) is 0.625. The van der Waals surface area contributed by atoms with Crippen LogP contribution in [0.4, 0.5) is 4.79 Å². The van der Waals surface area contributed by atoms with Crippen LogP contribution in [0, 0.1) is 5.92 Å². The summed E-state index contributed by atoms with van der Waals surface area (Å²) in [6, 6.07) is -0.898. The van der Waals surface area contributed by atoms with Crippen molar-refractivity contribution in [3.05, 3.63) is 0 Å². The van der Waals surface area contributed by atoms with Crippen LogP contribution >= 0.6 is 0 Å². The monoisotopic (exact) mass is 257 g/mol. The number of urea groups is 1. The van der Waals surface area contributed by atoms with Crippen molar-refractivity contribution in [3.63, 3.8) is 0 Å². The van der Waals surface area contributed by atoms with Gasteiger partial charge in [-0.05, 0) is 12.3 Å². The summed E-state index contributed by atoms with van der Waals surface area (Å²) in [5.74, 6) is -1.13. The summed E-state index contributed by atoms with van der Waals surface area (Å²) < 4.78 is 0. The zero-order chi connectivity index (χ0) is 13.7. The van der Waals surface area contributed by atoms with E-state index in [0.29, 0.717) is 13.0 Å². The number of carboxylic acid groups (broad SMARTS) is 1. The second kappa shape index (κ2) is 6.23. The fraction of sp³-hybridized carbons (Fsp3) is 0.727. The topological polar surface area (TPSA) is 98.7 Å². The fourth-order valence-electron chi connectivity index (χ4n) is 1.80. The number of hydrogen-bond acceptors (Lipinski definition) is 3. The Morgan fingerprint density at radius 1 is 1.56 bits per heavy atom. The zero-order valence-corrected chi connectivity index (χ0v) is 10.6. The third kappa shape index (κ3) is 4.23. The minimum absolute atomic E-state index is 0.00533. The summed E-state index contributed by atoms with van der Waals surface area (Å²) in [5, 5.41) is 13.7. The van der Waals surface area contributed by atoms with Crippen molar-refractivity contribution in [2.75, 3.05) is 20.1 Å². The number of likely N-dealkylation sites (tertiary alicyclic amines) is 1. The molecule has 7 nitrogen and oxygen atoms in total. The van der Waals surface area contributed by atoms with Gasteiger partial charge in [0.1, 0.15) is 6.04 Å². The third-order valence-electron chi connectivity index (χ3n) is 2.87. The largest absolute Gasteiger partial charge is 0.481 e. The Labute approximate surface area is 106 Å². The van der Waals surface area contributed by atoms with Gasteiger partial charge in [-0.15, -0.1) is 0 Å². The van der Waals surface area contributed by atoms with E-state index in [1.54, 1.807) is 18.9 Å². The number of likely N-dealkylation sites (N-methyl/N-ethyl adjacent to an activating group) is 1. The molecule has 3 amide bonds. The highest BCUT2D eigenvalue weighted by molar-refractivity contribution is 5.88. The summed E-state index contributed by atoms with van der Waals surface area (Å²) in [6.45, 7) is 2.65. The molecule has 7 heteroatoms. The Kier molecular flexibility index (Phi) is 4.94. The van der Waals surface area contributed by atoms with Crippen molar-refractivity contribution >= 4 is 17.9 Å². The lowest BCUT2D eigenvalue weighted by Gasteiger charge is -2.14. The molecule has 1 rings (SSSR count). The Morgan fingerprint density at radius 3 is 2.72 bits per heavy atom. The number of carboxylic acids is 1. The maximum absolute atomic E-state index is 11.5. The molecule has 0 aromatic carbocycles. The van der Waals surface area contributed by atoms with E-state index in [2.05, 4.69) is 10.6 Å². The van der Waals surface area contributed by atoms with Crippen LogP contribution in [0.1, 0.15) is 19.8 Å². The molecule has 18 heavy (non-hydrogen) atoms. The Hall–Kier alpha value is -1.79. The highest BCUT2D eigenvalue weighted by atomic mass is 16.4. The average molecular weight is 257 g/mol. The lowest BCUT2D eigenvalue weighted by Crippen LogP contribution is -2.46. The molecule has 102 valence electrons. The maximum atomic E-state index is 11.5. The molecule has 0 radical (unpaired) electrons. The zero-order valence-electron chi connectivity index (χ0n) is 10.6. The van der Waals surface area contributed by atoms with Gasteiger partial charge >= 0.3 is 12.0 Å². The smallest absolute Gasteiger partial charge is 0.315 e. The van der Waals surface area contributed by atoms with Crippen LogP contribution < -0.4 is 10.6 Å². The normalized spacial score (nSPS) is 20.7. The van der Waals surface area contributed by atoms with Crippen molar-refractivity contribution in [2.24, 2.45) is 5.92 Å². The van der Waals surface area contributed by atoms with Crippen molar-refractivity contribution in [3.8, 4) is 0 Å². The van der Waals surface area contributed by atoms with Crippen LogP contribution in [0.15, 0.2) is 0 Å². The average Bonchev–Trinajstić information content (AvgIpc) is 2.57. The molecule has 0 spiro atoms. The van der Waals surface area contributed by atoms with Crippen molar-refractivity contribution < 1.29 is 19.5 Å². The van der Waals surface area contributed by atoms with E-state index in [1.165, 1.54) is 0 Å². The molecule has 1 saturated heterocycles. The van der Waals surface area contributed by atoms with E-state index in [1.807, 2.05) is 0 Å². The SMILES string of the molecule is CC(CNC(=O)NC1CCN(C)C1=O)CC(=O)O. The van der Waals surface area contributed by atoms with Crippen LogP contribution in [0.5, 0.6) is 0 Å². The van der Waals surface area contributed by atoms with Gasteiger partial charge in [0, 0.05) is 26.6 Å². The number of nitrogens with one attached hydrogen (secondary N) is 2. The number of aliphatic carboxylic acids is 1. The van der Waals surface area contributed by atoms with Crippen molar-refractivity contribution in [2.45, 2.75) is 25.8 Å². The van der Waals surface area contributed by atoms with Gasteiger partial charge in [-0.1, -0.05) is 6.92 Å². The van der Waals surface area contributed by atoms with Gasteiger partial charge in [-0.2, -0.15) is 0 Å². The molecule has 1 aliphatic rings. The maximum Gasteiger partial charge on any atom is 0.315 e. The Morgan fingerprint density at radius 2 is 2.22 bits per heavy atom. The standard InChI is InChI=1S/C11H19N3O4/c1-7(5-9(15)16)6-12-11(18)13-8-3-4-14(2)10(8)17/h7-8H,3-6H2,1-2H3,(H,15,16)(H2,12,13,18). The molecule has 3 N–H and O–H groups in total. The van der Waals surface area contributed by atoms with Gasteiger partial charge in [-0.3, -0.25) is 9.59 Å². The second-order valence-corrected chi connectivity index (χ2v) is 4.66. The van der Waals surface area contributed by atoms with Crippen molar-refractivity contribution in [1.29, 1.82) is 0 Å². The summed E-state index contributed by atoms with van der Waals surface area (Å²) in [5.41, 5.74) is 0. The van der Waals surface area contributed by atoms with E-state index < -0.39 is 18.0 Å². The molecule has 1 aliphatic heterocycles. The fourth-order valence-corrected chi connectivity index (χ4v) is 1.80. The first kappa shape index (κ1) is 14.3. The molecule has 0 aromatic heterocycles. The first-order valence-electron chi connectivity index (χ1n) is 5.91. The highest BCUT2D eigenvalue weighted by Gasteiger charge is 2.30. The minimum atomic E-state index is -0.891. The van der Waals surface area contributed by atoms with E-state index in [9.17, 15) is 14.4 Å². The van der Waals surface area contributed by atoms with E-state index >= 15 is 0 Å². The van der Waals surface area contributed by atoms with Gasteiger partial charge in [0.05, 0.1) is 0 Å². The van der Waals surface area contributed by atoms with E-state index in [4.69, 9.17) is 5.11 Å². The number of rotatable bonds is 5. The molecule has 0 bridgehead atoms. The molecule has 1 fully saturated rings. The lowest BCUT2D eigenvalue weighted by molar-refractivity contribution is -0.137. The first-order chi connectivity index (χ1) is 8.40. The predicted molar refractivity (Wildman–Crippen MR) is 64.0 cm³/mol. The molecule has 0 aromatic rings. The lowest BCUT2D eigenvalue weighted by atomic mass is 10.1. The molecular weight excluding hydrogens is 238 g/mol. The predicted octanol–water partition coefficient (Wildman–Crippen LogP) is -0.373. The van der Waals surface area contributed by atoms with Crippen LogP contribution in [0.2, 0.25) is 0 Å². The van der Waals surface area contributed by atoms with Crippen LogP contribution in [-0.4, -0.2) is 54.1 Å². The summed E-state index contributed by atoms with van der Waals surface area (Å²) in [6.07, 6.45) is 0.610. The van der Waals surface area contributed by atoms with Gasteiger partial charge in [0.15, 0.2) is 0 Å². The summed E-state index contributed by atoms with van der Waals surface area (Å²) in [7, 11) is 1.69. The van der Waals surface area contributed by atoms with Gasteiger partial charge in [-0.25, -0.2) is 4.79 Å². The molecule has 0 saturated carbocycles. The number of carbonyl (C=O) groups excluding carboxylic acids is 2. The Bertz CT molecular complexity index is 345. The molecule has 1 heterocycles. The number of amides is 3. The van der Waals surface area contributed by atoms with Crippen LogP contribution in [-0.2, 0) is 9.59 Å². The number of hydrogen-bond donors (Lipinski definition) is 3. The molecule has 0 aliphatic carbocycles. The van der Waals surface area contributed by atoms with E-state index in [-0.39, 0.29) is 24.8 Å². The first-order valence-corrected chi connectivity index (χ1v) is 5.91. The summed E-state index contributed by atoms with van der Waals surface area (Å²) >= 11 is 0.